The number of hydrogen-bond donors (Lipinski definition) is 3. The maximum absolute atomic E-state index is 9.83. The summed E-state index contributed by atoms with van der Waals surface area (Å²) in [4.78, 5) is 0. The highest BCUT2D eigenvalue weighted by atomic mass is 16.3. The molecule has 2 rings (SSSR count). The van der Waals surface area contributed by atoms with Gasteiger partial charge in [0, 0.05) is 11.6 Å². The van der Waals surface area contributed by atoms with Crippen LogP contribution in [0.2, 0.25) is 0 Å². The van der Waals surface area contributed by atoms with Crippen LogP contribution in [0.3, 0.4) is 0 Å². The largest absolute Gasteiger partial charge is 0.508 e. The van der Waals surface area contributed by atoms with Crippen LogP contribution in [0.15, 0.2) is 18.2 Å². The number of phenols is 1. The van der Waals surface area contributed by atoms with E-state index in [1.54, 1.807) is 6.07 Å². The lowest BCUT2D eigenvalue weighted by Crippen LogP contribution is -2.19. The summed E-state index contributed by atoms with van der Waals surface area (Å²) in [5.41, 5.74) is 1.90. The van der Waals surface area contributed by atoms with E-state index in [-0.39, 0.29) is 6.04 Å². The fraction of sp³-hybridized carbons (Fsp3) is 0.364. The fourth-order valence-corrected chi connectivity index (χ4v) is 1.63. The van der Waals surface area contributed by atoms with E-state index < -0.39 is 0 Å². The lowest BCUT2D eigenvalue weighted by molar-refractivity contribution is 0.450. The molecular formula is C11H15N5O. The Morgan fingerprint density at radius 2 is 2.29 bits per heavy atom. The first-order valence-electron chi connectivity index (χ1n) is 5.42. The van der Waals surface area contributed by atoms with Crippen molar-refractivity contribution < 1.29 is 5.11 Å². The average molecular weight is 233 g/mol. The van der Waals surface area contributed by atoms with Crippen molar-refractivity contribution in [2.45, 2.75) is 26.4 Å². The SMILES string of the molecule is Cc1ccc(C(C)NCc2nn[nH]n2)c(O)c1. The molecule has 0 amide bonds. The van der Waals surface area contributed by atoms with E-state index in [2.05, 4.69) is 25.9 Å². The lowest BCUT2D eigenvalue weighted by Gasteiger charge is -2.14. The summed E-state index contributed by atoms with van der Waals surface area (Å²) < 4.78 is 0. The molecular weight excluding hydrogens is 218 g/mol. The second kappa shape index (κ2) is 4.92. The van der Waals surface area contributed by atoms with Crippen LogP contribution in [0.25, 0.3) is 0 Å². The summed E-state index contributed by atoms with van der Waals surface area (Å²) in [6.45, 7) is 4.43. The number of phenolic OH excluding ortho intramolecular Hbond substituents is 1. The number of nitrogens with zero attached hydrogens (tertiary/aromatic N) is 3. The minimum absolute atomic E-state index is 0.0223. The number of rotatable bonds is 4. The number of nitrogens with one attached hydrogen (secondary N) is 2. The topological polar surface area (TPSA) is 86.7 Å². The number of hydrogen-bond acceptors (Lipinski definition) is 5. The molecule has 1 aromatic heterocycles. The number of aromatic hydroxyl groups is 1. The van der Waals surface area contributed by atoms with E-state index in [4.69, 9.17) is 0 Å². The van der Waals surface area contributed by atoms with Gasteiger partial charge in [0.1, 0.15) is 5.75 Å². The van der Waals surface area contributed by atoms with Gasteiger partial charge < -0.3 is 10.4 Å². The molecule has 0 fully saturated rings. The van der Waals surface area contributed by atoms with Gasteiger partial charge in [-0.15, -0.1) is 10.2 Å². The first-order chi connectivity index (χ1) is 8.16. The third kappa shape index (κ3) is 2.79. The molecule has 1 unspecified atom stereocenters. The van der Waals surface area contributed by atoms with Crippen molar-refractivity contribution in [3.05, 3.63) is 35.2 Å². The molecule has 0 aliphatic heterocycles. The number of H-pyrrole nitrogens is 1. The van der Waals surface area contributed by atoms with Crippen LogP contribution in [-0.2, 0) is 6.54 Å². The first kappa shape index (κ1) is 11.5. The Kier molecular flexibility index (Phi) is 3.34. The van der Waals surface area contributed by atoms with Crippen LogP contribution >= 0.6 is 0 Å². The molecule has 0 saturated carbocycles. The smallest absolute Gasteiger partial charge is 0.188 e. The van der Waals surface area contributed by atoms with E-state index in [1.165, 1.54) is 0 Å². The van der Waals surface area contributed by atoms with Gasteiger partial charge in [0.2, 0.25) is 0 Å². The second-order valence-corrected chi connectivity index (χ2v) is 3.99. The second-order valence-electron chi connectivity index (χ2n) is 3.99. The third-order valence-corrected chi connectivity index (χ3v) is 2.61. The zero-order valence-electron chi connectivity index (χ0n) is 9.81. The molecule has 0 aliphatic rings. The Morgan fingerprint density at radius 1 is 1.47 bits per heavy atom. The molecule has 90 valence electrons. The molecule has 1 atom stereocenters. The highest BCUT2D eigenvalue weighted by Crippen LogP contribution is 2.24. The summed E-state index contributed by atoms with van der Waals surface area (Å²) in [5, 5.41) is 26.6. The van der Waals surface area contributed by atoms with Crippen LogP contribution in [-0.4, -0.2) is 25.7 Å². The number of aryl methyl sites for hydroxylation is 1. The summed E-state index contributed by atoms with van der Waals surface area (Å²) in [5.74, 6) is 0.904. The fourth-order valence-electron chi connectivity index (χ4n) is 1.63. The Balaban J connectivity index is 2.01. The van der Waals surface area contributed by atoms with Gasteiger partial charge in [-0.2, -0.15) is 5.21 Å². The van der Waals surface area contributed by atoms with E-state index in [0.717, 1.165) is 11.1 Å². The van der Waals surface area contributed by atoms with Crippen LogP contribution in [0.1, 0.15) is 29.9 Å². The Bertz CT molecular complexity index is 483. The van der Waals surface area contributed by atoms with E-state index in [0.29, 0.717) is 18.1 Å². The van der Waals surface area contributed by atoms with E-state index in [1.807, 2.05) is 26.0 Å². The molecule has 17 heavy (non-hydrogen) atoms. The van der Waals surface area contributed by atoms with Gasteiger partial charge in [-0.3, -0.25) is 0 Å². The monoisotopic (exact) mass is 233 g/mol. The highest BCUT2D eigenvalue weighted by molar-refractivity contribution is 5.37. The lowest BCUT2D eigenvalue weighted by atomic mass is 10.1. The number of tetrazole rings is 1. The normalized spacial score (nSPS) is 12.6. The Morgan fingerprint density at radius 3 is 2.94 bits per heavy atom. The molecule has 1 heterocycles. The molecule has 2 aromatic rings. The van der Waals surface area contributed by atoms with Crippen molar-refractivity contribution in [3.8, 4) is 5.75 Å². The van der Waals surface area contributed by atoms with Crippen LogP contribution in [0, 0.1) is 6.92 Å². The van der Waals surface area contributed by atoms with Gasteiger partial charge >= 0.3 is 0 Å². The minimum atomic E-state index is 0.0223. The van der Waals surface area contributed by atoms with Crippen molar-refractivity contribution in [3.63, 3.8) is 0 Å². The Labute approximate surface area is 99.1 Å². The van der Waals surface area contributed by atoms with Crippen LogP contribution < -0.4 is 5.32 Å². The Hall–Kier alpha value is -1.95. The molecule has 6 heteroatoms. The van der Waals surface area contributed by atoms with Gasteiger partial charge in [-0.05, 0) is 25.5 Å². The molecule has 6 nitrogen and oxygen atoms in total. The quantitative estimate of drug-likeness (QED) is 0.735. The number of benzene rings is 1. The molecule has 0 aliphatic carbocycles. The standard InChI is InChI=1S/C11H15N5O/c1-7-3-4-9(10(17)5-7)8(2)12-6-11-13-15-16-14-11/h3-5,8,12,17H,6H2,1-2H3,(H,13,14,15,16). The predicted molar refractivity (Wildman–Crippen MR) is 62.3 cm³/mol. The summed E-state index contributed by atoms with van der Waals surface area (Å²) in [6, 6.07) is 5.66. The van der Waals surface area contributed by atoms with Crippen molar-refractivity contribution in [1.29, 1.82) is 0 Å². The van der Waals surface area contributed by atoms with E-state index in [9.17, 15) is 5.11 Å². The maximum atomic E-state index is 9.83. The molecule has 0 radical (unpaired) electrons. The predicted octanol–water partition coefficient (Wildman–Crippen LogP) is 1.06. The van der Waals surface area contributed by atoms with Crippen LogP contribution in [0.4, 0.5) is 0 Å². The summed E-state index contributed by atoms with van der Waals surface area (Å²) in [7, 11) is 0. The van der Waals surface area contributed by atoms with E-state index >= 15 is 0 Å². The van der Waals surface area contributed by atoms with Crippen molar-refractivity contribution >= 4 is 0 Å². The maximum Gasteiger partial charge on any atom is 0.188 e. The van der Waals surface area contributed by atoms with Crippen LogP contribution in [0.5, 0.6) is 5.75 Å². The van der Waals surface area contributed by atoms with Crippen molar-refractivity contribution in [1.82, 2.24) is 25.9 Å². The highest BCUT2D eigenvalue weighted by Gasteiger charge is 2.10. The number of aromatic amines is 1. The zero-order valence-corrected chi connectivity index (χ0v) is 9.81. The van der Waals surface area contributed by atoms with Gasteiger partial charge in [0.25, 0.3) is 0 Å². The van der Waals surface area contributed by atoms with Gasteiger partial charge in [-0.1, -0.05) is 17.3 Å². The van der Waals surface area contributed by atoms with Crippen molar-refractivity contribution in [2.24, 2.45) is 0 Å². The van der Waals surface area contributed by atoms with Gasteiger partial charge in [0.15, 0.2) is 5.82 Å². The third-order valence-electron chi connectivity index (χ3n) is 2.61. The molecule has 0 spiro atoms. The van der Waals surface area contributed by atoms with Crippen molar-refractivity contribution in [2.75, 3.05) is 0 Å². The summed E-state index contributed by atoms with van der Waals surface area (Å²) >= 11 is 0. The molecule has 0 saturated heterocycles. The molecule has 0 bridgehead atoms. The first-order valence-corrected chi connectivity index (χ1v) is 5.42. The summed E-state index contributed by atoms with van der Waals surface area (Å²) in [6.07, 6.45) is 0. The number of aromatic nitrogens is 4. The van der Waals surface area contributed by atoms with Gasteiger partial charge in [-0.25, -0.2) is 0 Å². The minimum Gasteiger partial charge on any atom is -0.508 e. The molecule has 3 N–H and O–H groups in total. The zero-order chi connectivity index (χ0) is 12.3. The van der Waals surface area contributed by atoms with Gasteiger partial charge in [0.05, 0.1) is 6.54 Å². The average Bonchev–Trinajstić information content (AvgIpc) is 2.78. The molecule has 1 aromatic carbocycles.